The number of rotatable bonds is 6. The van der Waals surface area contributed by atoms with Crippen LogP contribution in [0.3, 0.4) is 0 Å². The molecule has 0 spiro atoms. The number of nitrogens with zero attached hydrogens (tertiary/aromatic N) is 1. The SMILES string of the molecule is C=C(C)CC(NCCC)c1cccc2cccnc12. The fourth-order valence-electron chi connectivity index (χ4n) is 2.37. The maximum absolute atomic E-state index is 4.55. The summed E-state index contributed by atoms with van der Waals surface area (Å²) in [7, 11) is 0. The number of hydrogen-bond donors (Lipinski definition) is 1. The molecular formula is C17H22N2. The second-order valence-corrected chi connectivity index (χ2v) is 5.09. The summed E-state index contributed by atoms with van der Waals surface area (Å²) in [6.07, 6.45) is 3.95. The average molecular weight is 254 g/mol. The van der Waals surface area contributed by atoms with Crippen LogP contribution in [0.4, 0.5) is 0 Å². The zero-order chi connectivity index (χ0) is 13.7. The Morgan fingerprint density at radius 3 is 2.84 bits per heavy atom. The number of para-hydroxylation sites is 1. The number of nitrogens with one attached hydrogen (secondary N) is 1. The fourth-order valence-corrected chi connectivity index (χ4v) is 2.37. The lowest BCUT2D eigenvalue weighted by atomic mass is 9.97. The first-order valence-electron chi connectivity index (χ1n) is 6.93. The molecule has 0 saturated carbocycles. The van der Waals surface area contributed by atoms with Gasteiger partial charge in [-0.25, -0.2) is 0 Å². The van der Waals surface area contributed by atoms with Crippen molar-refractivity contribution in [1.82, 2.24) is 10.3 Å². The van der Waals surface area contributed by atoms with Crippen molar-refractivity contribution in [2.75, 3.05) is 6.54 Å². The van der Waals surface area contributed by atoms with Crippen LogP contribution < -0.4 is 5.32 Å². The Morgan fingerprint density at radius 2 is 2.11 bits per heavy atom. The summed E-state index contributed by atoms with van der Waals surface area (Å²) in [6, 6.07) is 10.8. The van der Waals surface area contributed by atoms with Gasteiger partial charge in [-0.1, -0.05) is 36.8 Å². The maximum atomic E-state index is 4.55. The van der Waals surface area contributed by atoms with E-state index in [4.69, 9.17) is 0 Å². The molecule has 0 radical (unpaired) electrons. The highest BCUT2D eigenvalue weighted by atomic mass is 14.9. The van der Waals surface area contributed by atoms with E-state index in [1.54, 1.807) is 0 Å². The van der Waals surface area contributed by atoms with Gasteiger partial charge in [0.2, 0.25) is 0 Å². The molecule has 0 fully saturated rings. The molecule has 100 valence electrons. The second kappa shape index (κ2) is 6.48. The molecule has 0 bridgehead atoms. The maximum Gasteiger partial charge on any atom is 0.0749 e. The van der Waals surface area contributed by atoms with Gasteiger partial charge in [0.1, 0.15) is 0 Å². The van der Waals surface area contributed by atoms with Crippen LogP contribution in [0.5, 0.6) is 0 Å². The summed E-state index contributed by atoms with van der Waals surface area (Å²) in [5.74, 6) is 0. The van der Waals surface area contributed by atoms with Gasteiger partial charge in [0.25, 0.3) is 0 Å². The van der Waals surface area contributed by atoms with E-state index in [2.05, 4.69) is 55.0 Å². The van der Waals surface area contributed by atoms with Crippen LogP contribution in [0.15, 0.2) is 48.7 Å². The minimum atomic E-state index is 0.302. The normalized spacial score (nSPS) is 12.5. The van der Waals surface area contributed by atoms with Gasteiger partial charge in [-0.15, -0.1) is 6.58 Å². The lowest BCUT2D eigenvalue weighted by molar-refractivity contribution is 0.530. The summed E-state index contributed by atoms with van der Waals surface area (Å²) in [5.41, 5.74) is 3.57. The van der Waals surface area contributed by atoms with Crippen LogP contribution in [-0.2, 0) is 0 Å². The van der Waals surface area contributed by atoms with Gasteiger partial charge in [-0.05, 0) is 37.9 Å². The third-order valence-corrected chi connectivity index (χ3v) is 3.23. The molecule has 0 aliphatic rings. The summed E-state index contributed by atoms with van der Waals surface area (Å²) < 4.78 is 0. The van der Waals surface area contributed by atoms with E-state index in [0.717, 1.165) is 24.9 Å². The molecular weight excluding hydrogens is 232 g/mol. The van der Waals surface area contributed by atoms with Crippen LogP contribution in [0, 0.1) is 0 Å². The van der Waals surface area contributed by atoms with Gasteiger partial charge in [0.05, 0.1) is 5.52 Å². The van der Waals surface area contributed by atoms with E-state index < -0.39 is 0 Å². The lowest BCUT2D eigenvalue weighted by Gasteiger charge is -2.20. The van der Waals surface area contributed by atoms with E-state index in [9.17, 15) is 0 Å². The third-order valence-electron chi connectivity index (χ3n) is 3.23. The fraction of sp³-hybridized carbons (Fsp3) is 0.353. The zero-order valence-electron chi connectivity index (χ0n) is 11.8. The van der Waals surface area contributed by atoms with E-state index in [1.165, 1.54) is 16.5 Å². The number of pyridine rings is 1. The van der Waals surface area contributed by atoms with Crippen LogP contribution in [-0.4, -0.2) is 11.5 Å². The van der Waals surface area contributed by atoms with Crippen molar-refractivity contribution in [3.8, 4) is 0 Å². The minimum absolute atomic E-state index is 0.302. The first-order valence-corrected chi connectivity index (χ1v) is 6.93. The van der Waals surface area contributed by atoms with E-state index in [1.807, 2.05) is 12.3 Å². The standard InChI is InChI=1S/C17H22N2/c1-4-10-18-16(12-13(2)3)15-9-5-7-14-8-6-11-19-17(14)15/h5-9,11,16,18H,2,4,10,12H2,1,3H3. The van der Waals surface area contributed by atoms with Crippen molar-refractivity contribution < 1.29 is 0 Å². The van der Waals surface area contributed by atoms with Crippen molar-refractivity contribution in [3.63, 3.8) is 0 Å². The van der Waals surface area contributed by atoms with Crippen molar-refractivity contribution in [1.29, 1.82) is 0 Å². The predicted octanol–water partition coefficient (Wildman–Crippen LogP) is 4.24. The van der Waals surface area contributed by atoms with Crippen molar-refractivity contribution in [2.45, 2.75) is 32.7 Å². The van der Waals surface area contributed by atoms with Gasteiger partial charge in [-0.3, -0.25) is 4.98 Å². The van der Waals surface area contributed by atoms with Crippen molar-refractivity contribution in [3.05, 3.63) is 54.2 Å². The quantitative estimate of drug-likeness (QED) is 0.780. The molecule has 1 atom stereocenters. The monoisotopic (exact) mass is 254 g/mol. The smallest absolute Gasteiger partial charge is 0.0749 e. The first kappa shape index (κ1) is 13.8. The van der Waals surface area contributed by atoms with E-state index >= 15 is 0 Å². The number of hydrogen-bond acceptors (Lipinski definition) is 2. The van der Waals surface area contributed by atoms with Crippen molar-refractivity contribution >= 4 is 10.9 Å². The molecule has 19 heavy (non-hydrogen) atoms. The minimum Gasteiger partial charge on any atom is -0.310 e. The molecule has 0 aliphatic carbocycles. The van der Waals surface area contributed by atoms with Gasteiger partial charge in [0, 0.05) is 17.6 Å². The Morgan fingerprint density at radius 1 is 1.32 bits per heavy atom. The van der Waals surface area contributed by atoms with Gasteiger partial charge < -0.3 is 5.32 Å². The van der Waals surface area contributed by atoms with Crippen LogP contribution in [0.25, 0.3) is 10.9 Å². The summed E-state index contributed by atoms with van der Waals surface area (Å²) in [4.78, 5) is 4.55. The molecule has 1 aromatic carbocycles. The lowest BCUT2D eigenvalue weighted by Crippen LogP contribution is -2.22. The Bertz CT molecular complexity index is 555. The largest absolute Gasteiger partial charge is 0.310 e. The molecule has 0 amide bonds. The highest BCUT2D eigenvalue weighted by Gasteiger charge is 2.14. The molecule has 1 N–H and O–H groups in total. The van der Waals surface area contributed by atoms with E-state index in [-0.39, 0.29) is 0 Å². The van der Waals surface area contributed by atoms with Crippen molar-refractivity contribution in [2.24, 2.45) is 0 Å². The highest BCUT2D eigenvalue weighted by molar-refractivity contribution is 5.82. The number of fused-ring (bicyclic) bond motifs is 1. The van der Waals surface area contributed by atoms with Gasteiger partial charge in [0.15, 0.2) is 0 Å². The van der Waals surface area contributed by atoms with Crippen LogP contribution >= 0.6 is 0 Å². The zero-order valence-corrected chi connectivity index (χ0v) is 11.8. The number of aromatic nitrogens is 1. The molecule has 2 aromatic rings. The predicted molar refractivity (Wildman–Crippen MR) is 82.2 cm³/mol. The van der Waals surface area contributed by atoms with Gasteiger partial charge in [-0.2, -0.15) is 0 Å². The van der Waals surface area contributed by atoms with Crippen LogP contribution in [0.1, 0.15) is 38.3 Å². The highest BCUT2D eigenvalue weighted by Crippen LogP contribution is 2.26. The third kappa shape index (κ3) is 3.42. The Labute approximate surface area is 115 Å². The second-order valence-electron chi connectivity index (χ2n) is 5.09. The summed E-state index contributed by atoms with van der Waals surface area (Å²) in [6.45, 7) is 9.33. The Balaban J connectivity index is 2.39. The molecule has 1 unspecified atom stereocenters. The van der Waals surface area contributed by atoms with E-state index in [0.29, 0.717) is 6.04 Å². The summed E-state index contributed by atoms with van der Waals surface area (Å²) in [5, 5.41) is 4.81. The molecule has 1 heterocycles. The molecule has 2 nitrogen and oxygen atoms in total. The van der Waals surface area contributed by atoms with Crippen LogP contribution in [0.2, 0.25) is 0 Å². The molecule has 0 saturated heterocycles. The first-order chi connectivity index (χ1) is 9.22. The number of benzene rings is 1. The Hall–Kier alpha value is -1.67. The molecule has 2 rings (SSSR count). The molecule has 2 heteroatoms. The molecule has 0 aliphatic heterocycles. The summed E-state index contributed by atoms with van der Waals surface area (Å²) >= 11 is 0. The average Bonchev–Trinajstić information content (AvgIpc) is 2.42. The topological polar surface area (TPSA) is 24.9 Å². The molecule has 1 aromatic heterocycles. The van der Waals surface area contributed by atoms with Gasteiger partial charge >= 0.3 is 0 Å². The Kier molecular flexibility index (Phi) is 4.69.